The van der Waals surface area contributed by atoms with Gasteiger partial charge in [0.1, 0.15) is 12.4 Å². The number of rotatable bonds is 4. The van der Waals surface area contributed by atoms with Gasteiger partial charge >= 0.3 is 0 Å². The highest BCUT2D eigenvalue weighted by molar-refractivity contribution is 5.97. The Bertz CT molecular complexity index is 1260. The van der Waals surface area contributed by atoms with Crippen LogP contribution in [0, 0.1) is 5.92 Å². The Morgan fingerprint density at radius 3 is 2.74 bits per heavy atom. The van der Waals surface area contributed by atoms with E-state index in [0.29, 0.717) is 30.4 Å². The van der Waals surface area contributed by atoms with Crippen molar-refractivity contribution in [1.82, 2.24) is 14.5 Å². The molecule has 3 aromatic rings. The highest BCUT2D eigenvalue weighted by Crippen LogP contribution is 2.39. The number of carbonyl (C=O) groups excluding carboxylic acids is 2. The molecule has 2 saturated heterocycles. The van der Waals surface area contributed by atoms with E-state index in [1.165, 1.54) is 0 Å². The fraction of sp³-hybridized carbons (Fsp3) is 0.423. The molecule has 176 valence electrons. The number of hydrogen-bond donors (Lipinski definition) is 0. The van der Waals surface area contributed by atoms with E-state index in [-0.39, 0.29) is 31.1 Å². The standard InChI is InChI=1S/C26H28N4O4/c1-17-8-10-28(11-9-17)25(32)15-30-21-5-3-2-4-20(21)27-26(30)18-12-24(31)29(14-18)19-6-7-22-23(13-19)34-16-33-22/h2-7,13,17-18H,8-12,14-16H2,1H3. The van der Waals surface area contributed by atoms with Gasteiger partial charge in [0.2, 0.25) is 18.6 Å². The van der Waals surface area contributed by atoms with Crippen molar-refractivity contribution < 1.29 is 19.1 Å². The fourth-order valence-electron chi connectivity index (χ4n) is 5.25. The number of amides is 2. The van der Waals surface area contributed by atoms with E-state index in [1.54, 1.807) is 4.90 Å². The van der Waals surface area contributed by atoms with Crippen LogP contribution in [0.1, 0.15) is 37.9 Å². The molecule has 34 heavy (non-hydrogen) atoms. The molecule has 0 spiro atoms. The van der Waals surface area contributed by atoms with Crippen molar-refractivity contribution in [3.05, 3.63) is 48.3 Å². The number of ether oxygens (including phenoxy) is 2. The van der Waals surface area contributed by atoms with E-state index in [0.717, 1.165) is 48.5 Å². The molecule has 3 aliphatic heterocycles. The zero-order valence-corrected chi connectivity index (χ0v) is 19.3. The molecule has 8 nitrogen and oxygen atoms in total. The second-order valence-corrected chi connectivity index (χ2v) is 9.55. The average Bonchev–Trinajstić information content (AvgIpc) is 3.56. The maximum atomic E-state index is 13.2. The minimum atomic E-state index is -0.0977. The van der Waals surface area contributed by atoms with Crippen molar-refractivity contribution in [2.45, 2.75) is 38.6 Å². The summed E-state index contributed by atoms with van der Waals surface area (Å²) in [6.45, 7) is 4.81. The lowest BCUT2D eigenvalue weighted by Gasteiger charge is -2.30. The average molecular weight is 461 g/mol. The highest BCUT2D eigenvalue weighted by Gasteiger charge is 2.36. The Kier molecular flexibility index (Phi) is 5.16. The van der Waals surface area contributed by atoms with Crippen LogP contribution in [0.4, 0.5) is 5.69 Å². The van der Waals surface area contributed by atoms with Crippen LogP contribution in [0.2, 0.25) is 0 Å². The molecule has 0 saturated carbocycles. The van der Waals surface area contributed by atoms with Gasteiger partial charge in [-0.1, -0.05) is 19.1 Å². The van der Waals surface area contributed by atoms with E-state index < -0.39 is 0 Å². The number of likely N-dealkylation sites (tertiary alicyclic amines) is 1. The number of fused-ring (bicyclic) bond motifs is 2. The van der Waals surface area contributed by atoms with Crippen molar-refractivity contribution in [1.29, 1.82) is 0 Å². The Morgan fingerprint density at radius 1 is 1.09 bits per heavy atom. The Balaban J connectivity index is 1.29. The number of benzene rings is 2. The molecule has 1 atom stereocenters. The first-order valence-corrected chi connectivity index (χ1v) is 12.0. The Morgan fingerprint density at radius 2 is 1.88 bits per heavy atom. The molecular weight excluding hydrogens is 432 g/mol. The van der Waals surface area contributed by atoms with Gasteiger partial charge < -0.3 is 23.8 Å². The van der Waals surface area contributed by atoms with Crippen molar-refractivity contribution in [3.8, 4) is 11.5 Å². The smallest absolute Gasteiger partial charge is 0.242 e. The van der Waals surface area contributed by atoms with E-state index in [1.807, 2.05) is 51.9 Å². The largest absolute Gasteiger partial charge is 0.454 e. The van der Waals surface area contributed by atoms with Gasteiger partial charge in [-0.05, 0) is 43.0 Å². The van der Waals surface area contributed by atoms with Crippen molar-refractivity contribution in [2.75, 3.05) is 31.3 Å². The first kappa shape index (κ1) is 21.0. The van der Waals surface area contributed by atoms with E-state index in [4.69, 9.17) is 14.5 Å². The monoisotopic (exact) mass is 460 g/mol. The third-order valence-corrected chi connectivity index (χ3v) is 7.27. The summed E-state index contributed by atoms with van der Waals surface area (Å²) in [4.78, 5) is 34.9. The summed E-state index contributed by atoms with van der Waals surface area (Å²) in [6.07, 6.45) is 2.45. The number of aromatic nitrogens is 2. The van der Waals surface area contributed by atoms with Crippen LogP contribution in [0.25, 0.3) is 11.0 Å². The molecule has 2 amide bonds. The van der Waals surface area contributed by atoms with Crippen LogP contribution in [0.15, 0.2) is 42.5 Å². The zero-order valence-electron chi connectivity index (χ0n) is 19.3. The van der Waals surface area contributed by atoms with Crippen molar-refractivity contribution in [2.24, 2.45) is 5.92 Å². The van der Waals surface area contributed by atoms with Crippen LogP contribution in [-0.4, -0.2) is 52.7 Å². The maximum Gasteiger partial charge on any atom is 0.242 e. The van der Waals surface area contributed by atoms with E-state index >= 15 is 0 Å². The molecule has 0 aliphatic carbocycles. The predicted octanol–water partition coefficient (Wildman–Crippen LogP) is 3.54. The number of anilines is 1. The fourth-order valence-corrected chi connectivity index (χ4v) is 5.25. The molecule has 2 aromatic carbocycles. The molecule has 0 radical (unpaired) electrons. The molecule has 8 heteroatoms. The molecule has 6 rings (SSSR count). The van der Waals surface area contributed by atoms with Gasteiger partial charge in [-0.15, -0.1) is 0 Å². The van der Waals surface area contributed by atoms with Gasteiger partial charge in [0.15, 0.2) is 11.5 Å². The van der Waals surface area contributed by atoms with E-state index in [2.05, 4.69) is 6.92 Å². The summed E-state index contributed by atoms with van der Waals surface area (Å²) in [5.74, 6) is 2.88. The lowest BCUT2D eigenvalue weighted by Crippen LogP contribution is -2.40. The van der Waals surface area contributed by atoms with Crippen molar-refractivity contribution >= 4 is 28.5 Å². The summed E-state index contributed by atoms with van der Waals surface area (Å²) in [5.41, 5.74) is 2.58. The Labute approximate surface area is 198 Å². The topological polar surface area (TPSA) is 76.9 Å². The number of hydrogen-bond acceptors (Lipinski definition) is 5. The summed E-state index contributed by atoms with van der Waals surface area (Å²) < 4.78 is 12.9. The van der Waals surface area contributed by atoms with Crippen LogP contribution < -0.4 is 14.4 Å². The van der Waals surface area contributed by atoms with Crippen LogP contribution in [-0.2, 0) is 16.1 Å². The number of carbonyl (C=O) groups is 2. The number of imidazole rings is 1. The summed E-state index contributed by atoms with van der Waals surface area (Å²) in [5, 5.41) is 0. The van der Waals surface area contributed by atoms with Gasteiger partial charge in [0.25, 0.3) is 0 Å². The molecule has 0 bridgehead atoms. The summed E-state index contributed by atoms with van der Waals surface area (Å²) in [7, 11) is 0. The molecule has 2 fully saturated rings. The quantitative estimate of drug-likeness (QED) is 0.595. The molecule has 3 aliphatic rings. The maximum absolute atomic E-state index is 13.2. The number of nitrogens with zero attached hydrogens (tertiary/aromatic N) is 4. The van der Waals surface area contributed by atoms with Gasteiger partial charge in [0, 0.05) is 43.7 Å². The number of piperidine rings is 1. The van der Waals surface area contributed by atoms with Crippen LogP contribution in [0.3, 0.4) is 0 Å². The highest BCUT2D eigenvalue weighted by atomic mass is 16.7. The minimum Gasteiger partial charge on any atom is -0.454 e. The van der Waals surface area contributed by atoms with Gasteiger partial charge in [-0.2, -0.15) is 0 Å². The van der Waals surface area contributed by atoms with Crippen LogP contribution in [0.5, 0.6) is 11.5 Å². The molecule has 1 unspecified atom stereocenters. The second kappa shape index (κ2) is 8.34. The first-order chi connectivity index (χ1) is 16.6. The van der Waals surface area contributed by atoms with E-state index in [9.17, 15) is 9.59 Å². The molecule has 4 heterocycles. The zero-order chi connectivity index (χ0) is 23.2. The lowest BCUT2D eigenvalue weighted by atomic mass is 9.99. The van der Waals surface area contributed by atoms with Gasteiger partial charge in [-0.25, -0.2) is 4.98 Å². The van der Waals surface area contributed by atoms with Gasteiger partial charge in [-0.3, -0.25) is 9.59 Å². The van der Waals surface area contributed by atoms with Crippen molar-refractivity contribution in [3.63, 3.8) is 0 Å². The second-order valence-electron chi connectivity index (χ2n) is 9.55. The predicted molar refractivity (Wildman–Crippen MR) is 127 cm³/mol. The molecule has 1 aromatic heterocycles. The molecular formula is C26H28N4O4. The SMILES string of the molecule is CC1CCN(C(=O)Cn2c(C3CC(=O)N(c4ccc5c(c4)OCO5)C3)nc3ccccc32)CC1. The summed E-state index contributed by atoms with van der Waals surface area (Å²) in [6, 6.07) is 13.5. The third-order valence-electron chi connectivity index (χ3n) is 7.27. The van der Waals surface area contributed by atoms with Gasteiger partial charge in [0.05, 0.1) is 11.0 Å². The minimum absolute atomic E-state index is 0.0406. The Hall–Kier alpha value is -3.55. The molecule has 0 N–H and O–H groups in total. The van der Waals surface area contributed by atoms with Crippen LogP contribution >= 0.6 is 0 Å². The summed E-state index contributed by atoms with van der Waals surface area (Å²) >= 11 is 0. The normalized spacial score (nSPS) is 20.5. The lowest BCUT2D eigenvalue weighted by molar-refractivity contribution is -0.133. The number of para-hydroxylation sites is 2. The third kappa shape index (κ3) is 3.67. The first-order valence-electron chi connectivity index (χ1n) is 12.0.